The van der Waals surface area contributed by atoms with Crippen molar-refractivity contribution in [2.24, 2.45) is 0 Å². The molecule has 0 heterocycles. The molecule has 0 atom stereocenters. The molecule has 0 aliphatic rings. The highest BCUT2D eigenvalue weighted by Gasteiger charge is 2.00. The highest BCUT2D eigenvalue weighted by atomic mass is 16.4. The lowest BCUT2D eigenvalue weighted by Gasteiger charge is -2.05. The van der Waals surface area contributed by atoms with Crippen molar-refractivity contribution in [1.82, 2.24) is 0 Å². The van der Waals surface area contributed by atoms with E-state index < -0.39 is 23.8 Å². The lowest BCUT2D eigenvalue weighted by Crippen LogP contribution is -2.20. The van der Waals surface area contributed by atoms with E-state index in [0.717, 1.165) is 12.2 Å². The Hall–Kier alpha value is -3.42. The van der Waals surface area contributed by atoms with Gasteiger partial charge in [-0.15, -0.1) is 0 Å². The Labute approximate surface area is 124 Å². The summed E-state index contributed by atoms with van der Waals surface area (Å²) in [6, 6.07) is 5.84. The number of carboxylic acids is 2. The van der Waals surface area contributed by atoms with Gasteiger partial charge in [-0.3, -0.25) is 9.59 Å². The summed E-state index contributed by atoms with van der Waals surface area (Å²) in [5.74, 6) is -4.29. The van der Waals surface area contributed by atoms with Crippen molar-refractivity contribution in [3.05, 3.63) is 48.6 Å². The minimum atomic E-state index is -1.49. The third-order valence-corrected chi connectivity index (χ3v) is 2.16. The highest BCUT2D eigenvalue weighted by Crippen LogP contribution is 2.13. The monoisotopic (exact) mass is 302 g/mol. The molecule has 0 fully saturated rings. The van der Waals surface area contributed by atoms with Gasteiger partial charge >= 0.3 is 0 Å². The Morgan fingerprint density at radius 1 is 0.682 bits per heavy atom. The molecule has 0 unspecified atom stereocenters. The summed E-state index contributed by atoms with van der Waals surface area (Å²) in [7, 11) is 0. The topological polar surface area (TPSA) is 138 Å². The van der Waals surface area contributed by atoms with Crippen molar-refractivity contribution in [2.45, 2.75) is 0 Å². The van der Waals surface area contributed by atoms with Crippen molar-refractivity contribution in [3.8, 4) is 0 Å². The van der Waals surface area contributed by atoms with Crippen LogP contribution in [-0.4, -0.2) is 23.8 Å². The smallest absolute Gasteiger partial charge is 0.248 e. The van der Waals surface area contributed by atoms with Crippen molar-refractivity contribution in [2.75, 3.05) is 10.6 Å². The number of hydrogen-bond donors (Lipinski definition) is 2. The van der Waals surface area contributed by atoms with Gasteiger partial charge in [0.15, 0.2) is 0 Å². The molecular weight excluding hydrogens is 292 g/mol. The first-order chi connectivity index (χ1) is 10.4. The zero-order valence-electron chi connectivity index (χ0n) is 11.1. The van der Waals surface area contributed by atoms with Gasteiger partial charge in [-0.25, -0.2) is 0 Å². The third kappa shape index (κ3) is 6.66. The zero-order valence-corrected chi connectivity index (χ0v) is 11.1. The molecule has 0 radical (unpaired) electrons. The molecule has 1 aromatic carbocycles. The summed E-state index contributed by atoms with van der Waals surface area (Å²) in [6.07, 6.45) is 2.78. The molecule has 2 amide bonds. The maximum absolute atomic E-state index is 11.3. The van der Waals surface area contributed by atoms with Crippen LogP contribution in [0.1, 0.15) is 0 Å². The minimum Gasteiger partial charge on any atom is -0.545 e. The Bertz CT molecular complexity index is 589. The SMILES string of the molecule is O=C([O-])C=CC(=O)Nc1ccc(NC(=O)C=CC(=O)[O-])cc1. The summed E-state index contributed by atoms with van der Waals surface area (Å²) in [4.78, 5) is 42.9. The molecule has 0 aromatic heterocycles. The maximum Gasteiger partial charge on any atom is 0.248 e. The molecule has 8 nitrogen and oxygen atoms in total. The van der Waals surface area contributed by atoms with Crippen molar-refractivity contribution >= 4 is 35.1 Å². The van der Waals surface area contributed by atoms with E-state index in [2.05, 4.69) is 10.6 Å². The van der Waals surface area contributed by atoms with E-state index in [1.807, 2.05) is 0 Å². The lowest BCUT2D eigenvalue weighted by molar-refractivity contribution is -0.298. The van der Waals surface area contributed by atoms with E-state index in [4.69, 9.17) is 0 Å². The first-order valence-electron chi connectivity index (χ1n) is 5.87. The lowest BCUT2D eigenvalue weighted by atomic mass is 10.2. The number of amides is 2. The van der Waals surface area contributed by atoms with Crippen LogP contribution in [0.15, 0.2) is 48.6 Å². The van der Waals surface area contributed by atoms with Crippen LogP contribution in [0.4, 0.5) is 11.4 Å². The Morgan fingerprint density at radius 3 is 1.27 bits per heavy atom. The van der Waals surface area contributed by atoms with Crippen LogP contribution in [-0.2, 0) is 19.2 Å². The molecule has 22 heavy (non-hydrogen) atoms. The quantitative estimate of drug-likeness (QED) is 0.593. The Morgan fingerprint density at radius 2 is 1.00 bits per heavy atom. The van der Waals surface area contributed by atoms with E-state index in [9.17, 15) is 29.4 Å². The van der Waals surface area contributed by atoms with Gasteiger partial charge < -0.3 is 30.4 Å². The number of carbonyl (C=O) groups excluding carboxylic acids is 4. The summed E-state index contributed by atoms with van der Waals surface area (Å²) in [6.45, 7) is 0. The van der Waals surface area contributed by atoms with Gasteiger partial charge in [0.05, 0.1) is 11.9 Å². The molecule has 1 rings (SSSR count). The van der Waals surface area contributed by atoms with Gasteiger partial charge in [-0.05, 0) is 36.4 Å². The standard InChI is InChI=1S/C14H12N2O6/c17-11(5-7-13(19)20)15-9-1-2-10(4-3-9)16-12(18)6-8-14(21)22/h1-8H,(H,15,17)(H,16,18)(H,19,20)(H,21,22)/p-2. The second-order valence-electron chi connectivity index (χ2n) is 3.86. The van der Waals surface area contributed by atoms with Gasteiger partial charge in [-0.2, -0.15) is 0 Å². The van der Waals surface area contributed by atoms with Crippen LogP contribution < -0.4 is 20.8 Å². The molecule has 0 aliphatic carbocycles. The third-order valence-electron chi connectivity index (χ3n) is 2.16. The number of aliphatic carboxylic acids is 2. The van der Waals surface area contributed by atoms with Crippen LogP contribution in [0.3, 0.4) is 0 Å². The largest absolute Gasteiger partial charge is 0.545 e. The van der Waals surface area contributed by atoms with Crippen LogP contribution >= 0.6 is 0 Å². The van der Waals surface area contributed by atoms with Gasteiger partial charge in [-0.1, -0.05) is 0 Å². The number of carbonyl (C=O) groups is 4. The number of rotatable bonds is 6. The van der Waals surface area contributed by atoms with Crippen molar-refractivity contribution in [3.63, 3.8) is 0 Å². The Balaban J connectivity index is 2.59. The summed E-state index contributed by atoms with van der Waals surface area (Å²) in [5, 5.41) is 25.0. The van der Waals surface area contributed by atoms with Gasteiger partial charge in [0.2, 0.25) is 11.8 Å². The molecule has 2 N–H and O–H groups in total. The van der Waals surface area contributed by atoms with Gasteiger partial charge in [0, 0.05) is 23.5 Å². The number of benzene rings is 1. The average molecular weight is 302 g/mol. The van der Waals surface area contributed by atoms with Gasteiger partial charge in [0.1, 0.15) is 0 Å². The van der Waals surface area contributed by atoms with E-state index in [-0.39, 0.29) is 0 Å². The highest BCUT2D eigenvalue weighted by molar-refractivity contribution is 6.03. The second-order valence-corrected chi connectivity index (χ2v) is 3.86. The fourth-order valence-corrected chi connectivity index (χ4v) is 1.29. The predicted octanol–water partition coefficient (Wildman–Crippen LogP) is -1.82. The average Bonchev–Trinajstić information content (AvgIpc) is 2.45. The fraction of sp³-hybridized carbons (Fsp3) is 0. The van der Waals surface area contributed by atoms with Crippen molar-refractivity contribution < 1.29 is 29.4 Å². The van der Waals surface area contributed by atoms with Crippen molar-refractivity contribution in [1.29, 1.82) is 0 Å². The first-order valence-corrected chi connectivity index (χ1v) is 5.87. The first kappa shape index (κ1) is 16.6. The molecule has 1 aromatic rings. The number of anilines is 2. The molecule has 0 bridgehead atoms. The number of nitrogens with one attached hydrogen (secondary N) is 2. The molecule has 0 saturated heterocycles. The second kappa shape index (κ2) is 8.00. The molecular formula is C14H10N2O6-2. The molecule has 0 spiro atoms. The van der Waals surface area contributed by atoms with E-state index in [1.54, 1.807) is 0 Å². The van der Waals surface area contributed by atoms with E-state index in [0.29, 0.717) is 23.5 Å². The maximum atomic E-state index is 11.3. The van der Waals surface area contributed by atoms with Crippen LogP contribution in [0.2, 0.25) is 0 Å². The fourth-order valence-electron chi connectivity index (χ4n) is 1.29. The van der Waals surface area contributed by atoms with Crippen LogP contribution in [0.5, 0.6) is 0 Å². The number of hydrogen-bond acceptors (Lipinski definition) is 6. The molecule has 8 heteroatoms. The van der Waals surface area contributed by atoms with Gasteiger partial charge in [0.25, 0.3) is 0 Å². The number of carboxylic acid groups (broad SMARTS) is 2. The molecule has 114 valence electrons. The van der Waals surface area contributed by atoms with E-state index >= 15 is 0 Å². The van der Waals surface area contributed by atoms with Crippen LogP contribution in [0, 0.1) is 0 Å². The molecule has 0 aliphatic heterocycles. The van der Waals surface area contributed by atoms with E-state index in [1.165, 1.54) is 24.3 Å². The summed E-state index contributed by atoms with van der Waals surface area (Å²) in [5.41, 5.74) is 0.743. The molecule has 0 saturated carbocycles. The summed E-state index contributed by atoms with van der Waals surface area (Å²) >= 11 is 0. The Kier molecular flexibility index (Phi) is 6.05. The minimum absolute atomic E-state index is 0.372. The predicted molar refractivity (Wildman–Crippen MR) is 72.0 cm³/mol. The zero-order chi connectivity index (χ0) is 16.5. The normalized spacial score (nSPS) is 10.5. The summed E-state index contributed by atoms with van der Waals surface area (Å²) < 4.78 is 0. The van der Waals surface area contributed by atoms with Crippen LogP contribution in [0.25, 0.3) is 0 Å².